The Morgan fingerprint density at radius 3 is 2.71 bits per heavy atom. The normalized spacial score (nSPS) is 27.3. The topological polar surface area (TPSA) is 9.23 Å². The third kappa shape index (κ3) is 1.98. The highest BCUT2D eigenvalue weighted by Gasteiger charge is 2.41. The minimum absolute atomic E-state index is 0.691. The molecule has 1 aliphatic carbocycles. The molecule has 3 atom stereocenters. The SMILES string of the molecule is COC[C@H]1C[C@H]1[C@@H](C)c1ccccc1. The van der Waals surface area contributed by atoms with E-state index in [4.69, 9.17) is 4.74 Å². The van der Waals surface area contributed by atoms with Gasteiger partial charge in [-0.1, -0.05) is 37.3 Å². The molecule has 0 bridgehead atoms. The van der Waals surface area contributed by atoms with Gasteiger partial charge in [0.1, 0.15) is 0 Å². The van der Waals surface area contributed by atoms with E-state index in [1.54, 1.807) is 7.11 Å². The molecular weight excluding hydrogens is 172 g/mol. The molecule has 0 radical (unpaired) electrons. The van der Waals surface area contributed by atoms with Crippen LogP contribution in [0.2, 0.25) is 0 Å². The Bertz CT molecular complexity index is 281. The molecule has 1 aliphatic rings. The van der Waals surface area contributed by atoms with E-state index >= 15 is 0 Å². The number of benzene rings is 1. The number of methoxy groups -OCH3 is 1. The maximum atomic E-state index is 5.18. The van der Waals surface area contributed by atoms with Gasteiger partial charge in [0.05, 0.1) is 0 Å². The quantitative estimate of drug-likeness (QED) is 0.709. The maximum Gasteiger partial charge on any atom is 0.0493 e. The van der Waals surface area contributed by atoms with E-state index in [9.17, 15) is 0 Å². The van der Waals surface area contributed by atoms with E-state index in [1.165, 1.54) is 12.0 Å². The molecule has 1 fully saturated rings. The van der Waals surface area contributed by atoms with Crippen LogP contribution in [0, 0.1) is 11.8 Å². The largest absolute Gasteiger partial charge is 0.384 e. The van der Waals surface area contributed by atoms with Gasteiger partial charge in [0.2, 0.25) is 0 Å². The summed E-state index contributed by atoms with van der Waals surface area (Å²) in [5.74, 6) is 2.34. The first-order valence-electron chi connectivity index (χ1n) is 5.37. The van der Waals surface area contributed by atoms with Crippen LogP contribution in [0.3, 0.4) is 0 Å². The van der Waals surface area contributed by atoms with Gasteiger partial charge in [0.25, 0.3) is 0 Å². The second kappa shape index (κ2) is 4.14. The maximum absolute atomic E-state index is 5.18. The highest BCUT2D eigenvalue weighted by Crippen LogP contribution is 2.48. The van der Waals surface area contributed by atoms with Gasteiger partial charge in [-0.3, -0.25) is 0 Å². The van der Waals surface area contributed by atoms with Crippen LogP contribution in [0.25, 0.3) is 0 Å². The van der Waals surface area contributed by atoms with Crippen molar-refractivity contribution in [3.05, 3.63) is 35.9 Å². The highest BCUT2D eigenvalue weighted by atomic mass is 16.5. The van der Waals surface area contributed by atoms with Crippen LogP contribution in [0.4, 0.5) is 0 Å². The first kappa shape index (κ1) is 9.72. The van der Waals surface area contributed by atoms with Crippen LogP contribution in [0.5, 0.6) is 0 Å². The molecule has 0 aliphatic heterocycles. The van der Waals surface area contributed by atoms with Gasteiger partial charge < -0.3 is 4.74 Å². The summed E-state index contributed by atoms with van der Waals surface area (Å²) in [6.07, 6.45) is 1.34. The molecule has 1 nitrogen and oxygen atoms in total. The van der Waals surface area contributed by atoms with Crippen molar-refractivity contribution in [1.82, 2.24) is 0 Å². The molecule has 0 heterocycles. The Morgan fingerprint density at radius 2 is 2.07 bits per heavy atom. The first-order chi connectivity index (χ1) is 6.83. The fraction of sp³-hybridized carbons (Fsp3) is 0.538. The van der Waals surface area contributed by atoms with Crippen LogP contribution in [0.1, 0.15) is 24.8 Å². The van der Waals surface area contributed by atoms with Gasteiger partial charge in [-0.2, -0.15) is 0 Å². The summed E-state index contributed by atoms with van der Waals surface area (Å²) < 4.78 is 5.18. The Balaban J connectivity index is 1.94. The fourth-order valence-electron chi connectivity index (χ4n) is 2.29. The monoisotopic (exact) mass is 190 g/mol. The molecule has 0 aromatic heterocycles. The average Bonchev–Trinajstić information content (AvgIpc) is 2.98. The van der Waals surface area contributed by atoms with E-state index in [-0.39, 0.29) is 0 Å². The van der Waals surface area contributed by atoms with Crippen LogP contribution in [-0.4, -0.2) is 13.7 Å². The second-order valence-corrected chi connectivity index (χ2v) is 4.31. The van der Waals surface area contributed by atoms with Gasteiger partial charge in [-0.25, -0.2) is 0 Å². The van der Waals surface area contributed by atoms with Gasteiger partial charge >= 0.3 is 0 Å². The highest BCUT2D eigenvalue weighted by molar-refractivity contribution is 5.21. The molecule has 1 aromatic carbocycles. The lowest BCUT2D eigenvalue weighted by molar-refractivity contribution is 0.179. The first-order valence-corrected chi connectivity index (χ1v) is 5.37. The van der Waals surface area contributed by atoms with Gasteiger partial charge in [0, 0.05) is 13.7 Å². The Labute approximate surface area is 86.1 Å². The van der Waals surface area contributed by atoms with Crippen LogP contribution in [0.15, 0.2) is 30.3 Å². The van der Waals surface area contributed by atoms with E-state index in [0.29, 0.717) is 5.92 Å². The van der Waals surface area contributed by atoms with E-state index in [1.807, 2.05) is 0 Å². The van der Waals surface area contributed by atoms with Crippen molar-refractivity contribution in [2.75, 3.05) is 13.7 Å². The predicted octanol–water partition coefficient (Wildman–Crippen LogP) is 3.07. The zero-order valence-corrected chi connectivity index (χ0v) is 8.94. The molecule has 0 unspecified atom stereocenters. The molecule has 1 saturated carbocycles. The summed E-state index contributed by atoms with van der Waals surface area (Å²) in [5, 5.41) is 0. The van der Waals surface area contributed by atoms with E-state index in [0.717, 1.165) is 18.4 Å². The molecule has 76 valence electrons. The van der Waals surface area contributed by atoms with Crippen molar-refractivity contribution >= 4 is 0 Å². The van der Waals surface area contributed by atoms with Crippen LogP contribution in [-0.2, 0) is 4.74 Å². The van der Waals surface area contributed by atoms with Crippen molar-refractivity contribution < 1.29 is 4.74 Å². The molecule has 2 rings (SSSR count). The third-order valence-electron chi connectivity index (χ3n) is 3.33. The van der Waals surface area contributed by atoms with Gasteiger partial charge in [0.15, 0.2) is 0 Å². The summed E-state index contributed by atoms with van der Waals surface area (Å²) in [5.41, 5.74) is 1.47. The summed E-state index contributed by atoms with van der Waals surface area (Å²) in [4.78, 5) is 0. The number of hydrogen-bond acceptors (Lipinski definition) is 1. The van der Waals surface area contributed by atoms with Crippen molar-refractivity contribution in [1.29, 1.82) is 0 Å². The standard InChI is InChI=1S/C13H18O/c1-10(11-6-4-3-5-7-11)13-8-12(13)9-14-2/h3-7,10,12-13H,8-9H2,1-2H3/t10-,12+,13-/m0/s1. The van der Waals surface area contributed by atoms with Crippen LogP contribution >= 0.6 is 0 Å². The molecule has 1 heteroatoms. The van der Waals surface area contributed by atoms with E-state index in [2.05, 4.69) is 37.3 Å². The zero-order valence-electron chi connectivity index (χ0n) is 8.94. The molecule has 1 aromatic rings. The van der Waals surface area contributed by atoms with Crippen molar-refractivity contribution in [3.63, 3.8) is 0 Å². The number of rotatable bonds is 4. The minimum atomic E-state index is 0.691. The molecule has 0 spiro atoms. The lowest BCUT2D eigenvalue weighted by Crippen LogP contribution is -2.00. The number of hydrogen-bond donors (Lipinski definition) is 0. The Kier molecular flexibility index (Phi) is 2.87. The van der Waals surface area contributed by atoms with Crippen molar-refractivity contribution in [3.8, 4) is 0 Å². The average molecular weight is 190 g/mol. The van der Waals surface area contributed by atoms with Gasteiger partial charge in [-0.15, -0.1) is 0 Å². The zero-order chi connectivity index (χ0) is 9.97. The fourth-order valence-corrected chi connectivity index (χ4v) is 2.29. The Morgan fingerprint density at radius 1 is 1.36 bits per heavy atom. The summed E-state index contributed by atoms with van der Waals surface area (Å²) in [6, 6.07) is 10.8. The lowest BCUT2D eigenvalue weighted by atomic mass is 9.95. The summed E-state index contributed by atoms with van der Waals surface area (Å²) >= 11 is 0. The molecule has 0 saturated heterocycles. The molecule has 0 amide bonds. The van der Waals surface area contributed by atoms with Crippen molar-refractivity contribution in [2.45, 2.75) is 19.3 Å². The minimum Gasteiger partial charge on any atom is -0.384 e. The van der Waals surface area contributed by atoms with Crippen LogP contribution < -0.4 is 0 Å². The second-order valence-electron chi connectivity index (χ2n) is 4.31. The summed E-state index contributed by atoms with van der Waals surface area (Å²) in [6.45, 7) is 3.26. The molecule has 14 heavy (non-hydrogen) atoms. The smallest absolute Gasteiger partial charge is 0.0493 e. The molecule has 0 N–H and O–H groups in total. The third-order valence-corrected chi connectivity index (χ3v) is 3.33. The molecular formula is C13H18O. The summed E-state index contributed by atoms with van der Waals surface area (Å²) in [7, 11) is 1.79. The number of ether oxygens (including phenoxy) is 1. The Hall–Kier alpha value is -0.820. The lowest BCUT2D eigenvalue weighted by Gasteiger charge is -2.11. The van der Waals surface area contributed by atoms with Gasteiger partial charge in [-0.05, 0) is 29.7 Å². The predicted molar refractivity (Wildman–Crippen MR) is 58.3 cm³/mol. The van der Waals surface area contributed by atoms with Crippen molar-refractivity contribution in [2.24, 2.45) is 11.8 Å². The van der Waals surface area contributed by atoms with E-state index < -0.39 is 0 Å².